The van der Waals surface area contributed by atoms with E-state index in [2.05, 4.69) is 44.2 Å². The fraction of sp³-hybridized carbons (Fsp3) is 0.364. The van der Waals surface area contributed by atoms with E-state index < -0.39 is 8.32 Å². The van der Waals surface area contributed by atoms with Gasteiger partial charge in [0.25, 0.3) is 0 Å². The van der Waals surface area contributed by atoms with Gasteiger partial charge in [0.05, 0.1) is 11.4 Å². The third-order valence-corrected chi connectivity index (χ3v) is 9.80. The molecule has 0 amide bonds. The Hall–Kier alpha value is -2.80. The topological polar surface area (TPSA) is 81.5 Å². The second-order valence-corrected chi connectivity index (χ2v) is 13.5. The zero-order valence-electron chi connectivity index (χ0n) is 18.0. The van der Waals surface area contributed by atoms with Crippen molar-refractivity contribution < 1.29 is 18.6 Å². The lowest BCUT2D eigenvalue weighted by atomic mass is 10.2. The lowest BCUT2D eigenvalue weighted by Gasteiger charge is -2.36. The highest BCUT2D eigenvalue weighted by molar-refractivity contribution is 6.74. The molecule has 29 heavy (non-hydrogen) atoms. The number of hydrogen-bond donors (Lipinski definition) is 1. The summed E-state index contributed by atoms with van der Waals surface area (Å²) in [5.41, 5.74) is 3.19. The summed E-state index contributed by atoms with van der Waals surface area (Å²) in [7, 11) is -1.79. The predicted molar refractivity (Wildman–Crippen MR) is 117 cm³/mol. The number of phenolic OH excluding ortho intramolecular Hbond substituents is 1. The number of phenols is 1. The number of aromatic hydroxyl groups is 1. The van der Waals surface area contributed by atoms with Crippen molar-refractivity contribution >= 4 is 30.3 Å². The van der Waals surface area contributed by atoms with E-state index in [0.717, 1.165) is 33.5 Å². The molecule has 2 aromatic carbocycles. The molecule has 0 radical (unpaired) electrons. The molecule has 0 spiro atoms. The standard InChI is InChI=1S/C14H21NO2Si.C8H7NO2/c1-10-12-8-7-11(9-13(12)16-15-10)17-18(5,6)14(2,3)4;1-5-7-3-2-6(10)4-8(7)11-9-5/h7-9H,1-6H3;2-4,10H,1H3. The van der Waals surface area contributed by atoms with Crippen LogP contribution in [0.3, 0.4) is 0 Å². The minimum Gasteiger partial charge on any atom is -0.543 e. The molecule has 4 rings (SSSR count). The molecule has 0 bridgehead atoms. The Balaban J connectivity index is 0.000000186. The van der Waals surface area contributed by atoms with Crippen molar-refractivity contribution in [3.63, 3.8) is 0 Å². The van der Waals surface area contributed by atoms with Crippen molar-refractivity contribution in [1.29, 1.82) is 0 Å². The zero-order chi connectivity index (χ0) is 21.4. The molecule has 2 aromatic heterocycles. The van der Waals surface area contributed by atoms with Crippen LogP contribution in [-0.2, 0) is 0 Å². The third kappa shape index (κ3) is 4.45. The summed E-state index contributed by atoms with van der Waals surface area (Å²) >= 11 is 0. The molecule has 0 aliphatic rings. The van der Waals surface area contributed by atoms with E-state index >= 15 is 0 Å². The maximum Gasteiger partial charge on any atom is 0.250 e. The third-order valence-electron chi connectivity index (χ3n) is 5.44. The average Bonchev–Trinajstić information content (AvgIpc) is 3.17. The molecule has 0 aliphatic heterocycles. The van der Waals surface area contributed by atoms with Gasteiger partial charge >= 0.3 is 0 Å². The summed E-state index contributed by atoms with van der Waals surface area (Å²) in [6.07, 6.45) is 0. The molecule has 0 atom stereocenters. The summed E-state index contributed by atoms with van der Waals surface area (Å²) in [4.78, 5) is 0. The van der Waals surface area contributed by atoms with Crippen LogP contribution in [0.4, 0.5) is 0 Å². The van der Waals surface area contributed by atoms with Gasteiger partial charge in [0.1, 0.15) is 11.5 Å². The summed E-state index contributed by atoms with van der Waals surface area (Å²) < 4.78 is 16.4. The van der Waals surface area contributed by atoms with Crippen molar-refractivity contribution in [2.75, 3.05) is 0 Å². The number of nitrogens with zero attached hydrogens (tertiary/aromatic N) is 2. The van der Waals surface area contributed by atoms with Crippen molar-refractivity contribution in [3.8, 4) is 11.5 Å². The predicted octanol–water partition coefficient (Wildman–Crippen LogP) is 6.36. The normalized spacial score (nSPS) is 12.1. The van der Waals surface area contributed by atoms with E-state index in [0.29, 0.717) is 5.58 Å². The first-order chi connectivity index (χ1) is 13.5. The first-order valence-corrected chi connectivity index (χ1v) is 12.5. The van der Waals surface area contributed by atoms with Crippen LogP contribution in [0, 0.1) is 13.8 Å². The molecule has 0 fully saturated rings. The summed E-state index contributed by atoms with van der Waals surface area (Å²) in [5, 5.41) is 19.0. The molecular formula is C22H28N2O4Si. The van der Waals surface area contributed by atoms with Crippen LogP contribution in [0.25, 0.3) is 21.9 Å². The van der Waals surface area contributed by atoms with Crippen LogP contribution >= 0.6 is 0 Å². The lowest BCUT2D eigenvalue weighted by molar-refractivity contribution is 0.444. The molecule has 6 nitrogen and oxygen atoms in total. The monoisotopic (exact) mass is 412 g/mol. The SMILES string of the molecule is Cc1noc2cc(O)ccc12.Cc1noc2cc(O[Si](C)(C)C(C)(C)C)ccc12. The van der Waals surface area contributed by atoms with Gasteiger partial charge in [-0.15, -0.1) is 0 Å². The van der Waals surface area contributed by atoms with Gasteiger partial charge in [-0.05, 0) is 56.2 Å². The Kier molecular flexibility index (Phi) is 5.45. The lowest BCUT2D eigenvalue weighted by Crippen LogP contribution is -2.43. The van der Waals surface area contributed by atoms with Gasteiger partial charge in [0, 0.05) is 22.9 Å². The van der Waals surface area contributed by atoms with Crippen molar-refractivity contribution in [2.24, 2.45) is 0 Å². The molecule has 1 N–H and O–H groups in total. The van der Waals surface area contributed by atoms with Crippen LogP contribution in [0.1, 0.15) is 32.2 Å². The summed E-state index contributed by atoms with van der Waals surface area (Å²) in [6.45, 7) is 15.0. The van der Waals surface area contributed by atoms with E-state index in [1.54, 1.807) is 18.2 Å². The Morgan fingerprint density at radius 2 is 1.38 bits per heavy atom. The maximum absolute atomic E-state index is 9.05. The molecule has 0 saturated heterocycles. The number of rotatable bonds is 2. The van der Waals surface area contributed by atoms with Crippen LogP contribution in [0.2, 0.25) is 18.1 Å². The highest BCUT2D eigenvalue weighted by atomic mass is 28.4. The van der Waals surface area contributed by atoms with Gasteiger partial charge in [-0.3, -0.25) is 0 Å². The highest BCUT2D eigenvalue weighted by Crippen LogP contribution is 2.38. The van der Waals surface area contributed by atoms with Gasteiger partial charge < -0.3 is 18.6 Å². The molecule has 0 aliphatic carbocycles. The number of benzene rings is 2. The van der Waals surface area contributed by atoms with Crippen molar-refractivity contribution in [3.05, 3.63) is 47.8 Å². The van der Waals surface area contributed by atoms with Crippen LogP contribution in [0.5, 0.6) is 11.5 Å². The Morgan fingerprint density at radius 3 is 1.93 bits per heavy atom. The van der Waals surface area contributed by atoms with E-state index in [9.17, 15) is 0 Å². The van der Waals surface area contributed by atoms with E-state index in [-0.39, 0.29) is 10.8 Å². The van der Waals surface area contributed by atoms with E-state index in [1.165, 1.54) is 0 Å². The minimum atomic E-state index is -1.79. The Bertz CT molecular complexity index is 1140. The van der Waals surface area contributed by atoms with Gasteiger partial charge in [-0.25, -0.2) is 0 Å². The van der Waals surface area contributed by atoms with Gasteiger partial charge in [-0.2, -0.15) is 0 Å². The van der Waals surface area contributed by atoms with Gasteiger partial charge in [0.15, 0.2) is 11.2 Å². The number of hydrogen-bond acceptors (Lipinski definition) is 6. The molecular weight excluding hydrogens is 384 g/mol. The van der Waals surface area contributed by atoms with E-state index in [1.807, 2.05) is 32.0 Å². The fourth-order valence-corrected chi connectivity index (χ4v) is 3.63. The largest absolute Gasteiger partial charge is 0.543 e. The highest BCUT2D eigenvalue weighted by Gasteiger charge is 2.39. The summed E-state index contributed by atoms with van der Waals surface area (Å²) in [5.74, 6) is 1.08. The number of aryl methyl sites for hydroxylation is 2. The smallest absolute Gasteiger partial charge is 0.250 e. The molecule has 0 unspecified atom stereocenters. The quantitative estimate of drug-likeness (QED) is 0.386. The summed E-state index contributed by atoms with van der Waals surface area (Å²) in [6, 6.07) is 10.9. The molecule has 154 valence electrons. The molecule has 2 heterocycles. The second kappa shape index (κ2) is 7.55. The maximum atomic E-state index is 9.05. The number of aromatic nitrogens is 2. The number of fused-ring (bicyclic) bond motifs is 2. The minimum absolute atomic E-state index is 0.194. The second-order valence-electron chi connectivity index (χ2n) is 8.74. The first kappa shape index (κ1) is 20.9. The van der Waals surface area contributed by atoms with Gasteiger partial charge in [0.2, 0.25) is 8.32 Å². The molecule has 7 heteroatoms. The Labute approximate surface area is 171 Å². The molecule has 4 aromatic rings. The van der Waals surface area contributed by atoms with Crippen molar-refractivity contribution in [2.45, 2.75) is 52.8 Å². The zero-order valence-corrected chi connectivity index (χ0v) is 19.0. The van der Waals surface area contributed by atoms with Crippen molar-refractivity contribution in [1.82, 2.24) is 10.3 Å². The van der Waals surface area contributed by atoms with Gasteiger partial charge in [-0.1, -0.05) is 31.1 Å². The average molecular weight is 413 g/mol. The van der Waals surface area contributed by atoms with Crippen LogP contribution in [0.15, 0.2) is 45.4 Å². The van der Waals surface area contributed by atoms with Crippen LogP contribution in [-0.4, -0.2) is 23.7 Å². The Morgan fingerprint density at radius 1 is 0.862 bits per heavy atom. The first-order valence-electron chi connectivity index (χ1n) is 9.58. The van der Waals surface area contributed by atoms with E-state index in [4.69, 9.17) is 18.6 Å². The fourth-order valence-electron chi connectivity index (χ4n) is 2.61. The molecule has 0 saturated carbocycles. The van der Waals surface area contributed by atoms with Crippen LogP contribution < -0.4 is 4.43 Å².